The number of carbonyl (C=O) groups is 6. The lowest BCUT2D eigenvalue weighted by Gasteiger charge is -2.23. The summed E-state index contributed by atoms with van der Waals surface area (Å²) >= 11 is 3.95. The highest BCUT2D eigenvalue weighted by Crippen LogP contribution is 2.25. The minimum Gasteiger partial charge on any atom is -0.480 e. The van der Waals surface area contributed by atoms with Crippen LogP contribution in [0.2, 0.25) is 0 Å². The lowest BCUT2D eigenvalue weighted by molar-refractivity contribution is -0.139. The second-order valence-corrected chi connectivity index (χ2v) is 7.56. The summed E-state index contributed by atoms with van der Waals surface area (Å²) in [6.45, 7) is 0.783. The first-order valence-electron chi connectivity index (χ1n) is 9.85. The van der Waals surface area contributed by atoms with Crippen LogP contribution >= 0.6 is 12.6 Å². The third kappa shape index (κ3) is 6.42. The number of hydrogen-bond acceptors (Lipinski definition) is 8. The van der Waals surface area contributed by atoms with Crippen LogP contribution in [0.3, 0.4) is 0 Å². The predicted molar refractivity (Wildman–Crippen MR) is 118 cm³/mol. The van der Waals surface area contributed by atoms with Gasteiger partial charge in [0.05, 0.1) is 5.70 Å². The molecule has 33 heavy (non-hydrogen) atoms. The van der Waals surface area contributed by atoms with Crippen LogP contribution in [-0.2, 0) is 19.2 Å². The lowest BCUT2D eigenvalue weighted by atomic mass is 9.87. The van der Waals surface area contributed by atoms with E-state index < -0.39 is 53.9 Å². The number of nitrogens with one attached hydrogen (secondary N) is 3. The molecule has 2 amide bonds. The fourth-order valence-corrected chi connectivity index (χ4v) is 3.38. The number of fused-ring (bicyclic) bond motifs is 1. The first-order chi connectivity index (χ1) is 15.6. The van der Waals surface area contributed by atoms with E-state index in [0.29, 0.717) is 0 Å². The number of benzene rings is 1. The van der Waals surface area contributed by atoms with Crippen molar-refractivity contribution in [2.24, 2.45) is 0 Å². The lowest BCUT2D eigenvalue weighted by Crippen LogP contribution is -2.49. The zero-order valence-electron chi connectivity index (χ0n) is 17.6. The van der Waals surface area contributed by atoms with Crippen molar-refractivity contribution < 1.29 is 39.0 Å². The first kappa shape index (κ1) is 25.6. The van der Waals surface area contributed by atoms with Crippen molar-refractivity contribution in [2.45, 2.75) is 31.8 Å². The number of aliphatic carboxylic acids is 2. The second-order valence-electron chi connectivity index (χ2n) is 7.19. The molecule has 0 bridgehead atoms. The van der Waals surface area contributed by atoms with E-state index >= 15 is 0 Å². The Balaban J connectivity index is 2.04. The highest BCUT2D eigenvalue weighted by Gasteiger charge is 2.32. The van der Waals surface area contributed by atoms with Crippen molar-refractivity contribution in [3.63, 3.8) is 0 Å². The fourth-order valence-electron chi connectivity index (χ4n) is 3.13. The van der Waals surface area contributed by atoms with Crippen LogP contribution in [0.25, 0.3) is 0 Å². The summed E-state index contributed by atoms with van der Waals surface area (Å²) in [5.41, 5.74) is 0.310. The molecule has 176 valence electrons. The average molecular weight is 477 g/mol. The van der Waals surface area contributed by atoms with Crippen molar-refractivity contribution in [3.8, 4) is 0 Å². The van der Waals surface area contributed by atoms with Crippen molar-refractivity contribution in [1.29, 1.82) is 0 Å². The molecule has 0 saturated heterocycles. The van der Waals surface area contributed by atoms with Crippen LogP contribution in [0.5, 0.6) is 0 Å². The molecule has 0 spiro atoms. The van der Waals surface area contributed by atoms with Crippen LogP contribution in [-0.4, -0.2) is 69.9 Å². The van der Waals surface area contributed by atoms with Gasteiger partial charge in [0, 0.05) is 28.9 Å². The van der Waals surface area contributed by atoms with Crippen molar-refractivity contribution in [2.75, 3.05) is 12.3 Å². The van der Waals surface area contributed by atoms with Crippen LogP contribution in [0, 0.1) is 0 Å². The van der Waals surface area contributed by atoms with Gasteiger partial charge in [-0.2, -0.15) is 12.6 Å². The topological polar surface area (TPSA) is 179 Å². The number of carboxylic acids is 2. The molecule has 1 aromatic rings. The molecule has 0 aliphatic heterocycles. The van der Waals surface area contributed by atoms with Crippen molar-refractivity contribution in [1.82, 2.24) is 16.0 Å². The van der Waals surface area contributed by atoms with Gasteiger partial charge in [-0.3, -0.25) is 24.0 Å². The van der Waals surface area contributed by atoms with Gasteiger partial charge >= 0.3 is 11.9 Å². The Labute approximate surface area is 194 Å². The van der Waals surface area contributed by atoms with Gasteiger partial charge in [0.15, 0.2) is 5.78 Å². The number of allylic oxidation sites excluding steroid dienone is 2. The molecule has 2 rings (SSSR count). The van der Waals surface area contributed by atoms with Gasteiger partial charge in [0.25, 0.3) is 0 Å². The number of carbonyl (C=O) groups excluding carboxylic acids is 4. The molecule has 12 heteroatoms. The van der Waals surface area contributed by atoms with Gasteiger partial charge in [0.1, 0.15) is 18.6 Å². The van der Waals surface area contributed by atoms with Crippen molar-refractivity contribution in [3.05, 3.63) is 46.7 Å². The summed E-state index contributed by atoms with van der Waals surface area (Å²) in [5.74, 6) is -5.06. The van der Waals surface area contributed by atoms with Crippen molar-refractivity contribution >= 4 is 47.9 Å². The normalized spacial score (nSPS) is 14.7. The van der Waals surface area contributed by atoms with Crippen LogP contribution in [0.15, 0.2) is 35.5 Å². The Bertz CT molecular complexity index is 1040. The van der Waals surface area contributed by atoms with Gasteiger partial charge in [-0.25, -0.2) is 4.79 Å². The highest BCUT2D eigenvalue weighted by molar-refractivity contribution is 7.80. The smallest absolute Gasteiger partial charge is 0.326 e. The monoisotopic (exact) mass is 477 g/mol. The molecule has 11 nitrogen and oxygen atoms in total. The summed E-state index contributed by atoms with van der Waals surface area (Å²) in [5, 5.41) is 25.2. The quantitative estimate of drug-likeness (QED) is 0.235. The van der Waals surface area contributed by atoms with E-state index in [0.717, 1.165) is 0 Å². The summed E-state index contributed by atoms with van der Waals surface area (Å²) in [6.07, 6.45) is -0.581. The molecule has 0 unspecified atom stereocenters. The Morgan fingerprint density at radius 3 is 2.15 bits per heavy atom. The van der Waals surface area contributed by atoms with Gasteiger partial charge in [-0.1, -0.05) is 24.3 Å². The molecule has 0 heterocycles. The molecule has 2 atom stereocenters. The Kier molecular flexibility index (Phi) is 8.74. The second kappa shape index (κ2) is 11.3. The number of Topliss-reactive ketones (excluding diaryl/α,β-unsaturated/α-hetero) is 2. The Morgan fingerprint density at radius 1 is 1.00 bits per heavy atom. The van der Waals surface area contributed by atoms with E-state index in [1.165, 1.54) is 19.1 Å². The average Bonchev–Trinajstić information content (AvgIpc) is 2.78. The molecule has 5 N–H and O–H groups in total. The highest BCUT2D eigenvalue weighted by atomic mass is 32.1. The van der Waals surface area contributed by atoms with Crippen LogP contribution in [0.4, 0.5) is 0 Å². The minimum absolute atomic E-state index is 0.0691. The number of ketones is 2. The fraction of sp³-hybridized carbons (Fsp3) is 0.333. The molecular weight excluding hydrogens is 454 g/mol. The van der Waals surface area contributed by atoms with Crippen LogP contribution < -0.4 is 16.0 Å². The third-order valence-electron chi connectivity index (χ3n) is 4.88. The van der Waals surface area contributed by atoms with E-state index in [1.807, 2.05) is 0 Å². The number of thiol groups is 1. The molecule has 0 fully saturated rings. The van der Waals surface area contributed by atoms with E-state index in [1.54, 1.807) is 12.1 Å². The number of rotatable bonds is 11. The maximum Gasteiger partial charge on any atom is 0.326 e. The Hall–Kier alpha value is -3.67. The van der Waals surface area contributed by atoms with Gasteiger partial charge in [0.2, 0.25) is 17.6 Å². The molecule has 0 saturated carbocycles. The van der Waals surface area contributed by atoms with E-state index in [4.69, 9.17) is 5.11 Å². The maximum absolute atomic E-state index is 12.8. The standard InChI is InChI=1S/C21H23N3O8S/c1-10-17(19(29)12-5-3-2-4-11(12)18(10)28)24-13(21(31)32)6-7-15(25)23-14(9-33)20(30)22-8-16(26)27/h2-5,13-14,24,33H,6-9H2,1H3,(H,22,30)(H,23,25)(H,26,27)(H,31,32)/t13-,14-/m0/s1. The SMILES string of the molecule is CC1=C(N[C@@H](CCC(=O)N[C@@H](CS)C(=O)NCC(=O)O)C(=O)O)C(=O)c2ccccc2C1=O. The molecular formula is C21H23N3O8S. The summed E-state index contributed by atoms with van der Waals surface area (Å²) in [4.78, 5) is 71.7. The molecule has 1 aliphatic rings. The zero-order chi connectivity index (χ0) is 24.7. The van der Waals surface area contributed by atoms with Gasteiger partial charge < -0.3 is 26.2 Å². The first-order valence-corrected chi connectivity index (χ1v) is 10.5. The number of amides is 2. The summed E-state index contributed by atoms with van der Waals surface area (Å²) in [6, 6.07) is 3.72. The molecule has 0 radical (unpaired) electrons. The Morgan fingerprint density at radius 2 is 1.61 bits per heavy atom. The minimum atomic E-state index is -1.36. The number of hydrogen-bond donors (Lipinski definition) is 6. The third-order valence-corrected chi connectivity index (χ3v) is 5.25. The largest absolute Gasteiger partial charge is 0.480 e. The summed E-state index contributed by atoms with van der Waals surface area (Å²) < 4.78 is 0. The zero-order valence-corrected chi connectivity index (χ0v) is 18.5. The van der Waals surface area contributed by atoms with E-state index in [2.05, 4.69) is 28.6 Å². The maximum atomic E-state index is 12.8. The van der Waals surface area contributed by atoms with Gasteiger partial charge in [-0.05, 0) is 13.3 Å². The predicted octanol–water partition coefficient (Wildman–Crippen LogP) is -0.222. The van der Waals surface area contributed by atoms with Crippen LogP contribution in [0.1, 0.15) is 40.5 Å². The molecule has 1 aliphatic carbocycles. The van der Waals surface area contributed by atoms with E-state index in [-0.39, 0.29) is 41.0 Å². The van der Waals surface area contributed by atoms with E-state index in [9.17, 15) is 33.9 Å². The summed E-state index contributed by atoms with van der Waals surface area (Å²) in [7, 11) is 0. The molecule has 1 aromatic carbocycles. The number of carboxylic acid groups (broad SMARTS) is 2. The molecule has 0 aromatic heterocycles. The van der Waals surface area contributed by atoms with Gasteiger partial charge in [-0.15, -0.1) is 0 Å².